The molecule has 2 N–H and O–H groups in total. The third kappa shape index (κ3) is 4.14. The van der Waals surface area contributed by atoms with Gasteiger partial charge in [-0.3, -0.25) is 9.59 Å². The van der Waals surface area contributed by atoms with Gasteiger partial charge in [-0.2, -0.15) is 0 Å². The van der Waals surface area contributed by atoms with Crippen LogP contribution in [0.4, 0.5) is 0 Å². The van der Waals surface area contributed by atoms with E-state index < -0.39 is 0 Å². The quantitative estimate of drug-likeness (QED) is 0.808. The number of amides is 2. The van der Waals surface area contributed by atoms with E-state index in [9.17, 15) is 9.59 Å². The lowest BCUT2D eigenvalue weighted by atomic mass is 10.3. The molecule has 1 saturated carbocycles. The molecule has 0 spiro atoms. The Balaban J connectivity index is 1.86. The first-order chi connectivity index (χ1) is 8.95. The van der Waals surface area contributed by atoms with Gasteiger partial charge in [-0.1, -0.05) is 0 Å². The van der Waals surface area contributed by atoms with E-state index in [0.717, 1.165) is 23.4 Å². The third-order valence-electron chi connectivity index (χ3n) is 2.98. The monoisotopic (exact) mass is 299 g/mol. The fraction of sp³-hybridized carbons (Fsp3) is 0.583. The number of nitrogens with zero attached hydrogens (tertiary/aromatic N) is 1. The normalized spacial score (nSPS) is 14.2. The number of nitrogens with one attached hydrogen (secondary N) is 2. The first kappa shape index (κ1) is 14.2. The third-order valence-corrected chi connectivity index (χ3v) is 4.32. The molecule has 1 aliphatic rings. The number of aromatic nitrogens is 1. The highest BCUT2D eigenvalue weighted by Gasteiger charge is 2.24. The number of likely N-dealkylation sites (N-methyl/N-ethyl adjacent to an activating group) is 1. The smallest absolute Gasteiger partial charge is 0.239 e. The van der Waals surface area contributed by atoms with Crippen LogP contribution in [0.15, 0.2) is 0 Å². The van der Waals surface area contributed by atoms with E-state index in [2.05, 4.69) is 10.3 Å². The van der Waals surface area contributed by atoms with Gasteiger partial charge in [-0.25, -0.2) is 0 Å². The lowest BCUT2D eigenvalue weighted by molar-refractivity contribution is -0.134. The zero-order valence-corrected chi connectivity index (χ0v) is 12.6. The summed E-state index contributed by atoms with van der Waals surface area (Å²) in [6, 6.07) is 0.327. The molecule has 0 atom stereocenters. The molecule has 1 aliphatic carbocycles. The van der Waals surface area contributed by atoms with Crippen LogP contribution >= 0.6 is 23.6 Å². The van der Waals surface area contributed by atoms with Gasteiger partial charge < -0.3 is 15.2 Å². The van der Waals surface area contributed by atoms with Crippen molar-refractivity contribution in [2.45, 2.75) is 32.2 Å². The van der Waals surface area contributed by atoms with Gasteiger partial charge in [0.1, 0.15) is 0 Å². The predicted octanol–water partition coefficient (Wildman–Crippen LogP) is 1.39. The molecule has 0 bridgehead atoms. The molecule has 1 aromatic heterocycles. The maximum atomic E-state index is 12.0. The van der Waals surface area contributed by atoms with Crippen molar-refractivity contribution in [1.29, 1.82) is 0 Å². The van der Waals surface area contributed by atoms with Gasteiger partial charge >= 0.3 is 0 Å². The first-order valence-electron chi connectivity index (χ1n) is 6.17. The van der Waals surface area contributed by atoms with Crippen molar-refractivity contribution in [3.63, 3.8) is 0 Å². The van der Waals surface area contributed by atoms with Crippen LogP contribution in [0.25, 0.3) is 0 Å². The summed E-state index contributed by atoms with van der Waals surface area (Å²) in [5.41, 5.74) is 0.930. The zero-order valence-electron chi connectivity index (χ0n) is 11.0. The van der Waals surface area contributed by atoms with Crippen LogP contribution < -0.4 is 5.32 Å². The summed E-state index contributed by atoms with van der Waals surface area (Å²) in [7, 11) is 1.65. The van der Waals surface area contributed by atoms with Crippen LogP contribution in [0.2, 0.25) is 0 Å². The summed E-state index contributed by atoms with van der Waals surface area (Å²) in [6.07, 6.45) is 2.39. The van der Waals surface area contributed by atoms with E-state index in [-0.39, 0.29) is 24.8 Å². The predicted molar refractivity (Wildman–Crippen MR) is 76.7 cm³/mol. The van der Waals surface area contributed by atoms with Crippen molar-refractivity contribution in [3.8, 4) is 0 Å². The number of carbonyl (C=O) groups is 2. The number of hydrogen-bond acceptors (Lipinski definition) is 4. The number of thiazole rings is 1. The Morgan fingerprint density at radius 2 is 2.21 bits per heavy atom. The van der Waals surface area contributed by atoms with Crippen molar-refractivity contribution in [3.05, 3.63) is 14.5 Å². The SMILES string of the molecule is Cc1[nH]c(=S)sc1CC(=O)N(C)CC(=O)NC1CC1. The number of aryl methyl sites for hydroxylation is 1. The van der Waals surface area contributed by atoms with Crippen LogP contribution in [0, 0.1) is 10.9 Å². The van der Waals surface area contributed by atoms with Gasteiger partial charge in [0.05, 0.1) is 13.0 Å². The fourth-order valence-electron chi connectivity index (χ4n) is 1.68. The summed E-state index contributed by atoms with van der Waals surface area (Å²) in [5, 5.41) is 2.87. The van der Waals surface area contributed by atoms with Gasteiger partial charge in [0.15, 0.2) is 3.95 Å². The molecule has 0 unspecified atom stereocenters. The molecule has 7 heteroatoms. The van der Waals surface area contributed by atoms with Gasteiger partial charge in [-0.05, 0) is 32.0 Å². The zero-order chi connectivity index (χ0) is 14.0. The minimum Gasteiger partial charge on any atom is -0.352 e. The van der Waals surface area contributed by atoms with Crippen molar-refractivity contribution in [2.75, 3.05) is 13.6 Å². The molecule has 0 aromatic carbocycles. The van der Waals surface area contributed by atoms with Gasteiger partial charge in [0, 0.05) is 23.7 Å². The molecule has 19 heavy (non-hydrogen) atoms. The van der Waals surface area contributed by atoms with Crippen molar-refractivity contribution in [2.24, 2.45) is 0 Å². The van der Waals surface area contributed by atoms with E-state index in [0.29, 0.717) is 10.00 Å². The van der Waals surface area contributed by atoms with E-state index in [1.165, 1.54) is 16.2 Å². The Bertz CT molecular complexity index is 545. The minimum absolute atomic E-state index is 0.0701. The van der Waals surface area contributed by atoms with Crippen LogP contribution in [-0.4, -0.2) is 41.3 Å². The summed E-state index contributed by atoms with van der Waals surface area (Å²) in [5.74, 6) is -0.156. The standard InChI is InChI=1S/C12H17N3O2S2/c1-7-9(19-12(18)13-7)5-11(17)15(2)6-10(16)14-8-3-4-8/h8H,3-6H2,1-2H3,(H,13,18)(H,14,16). The Morgan fingerprint density at radius 1 is 1.53 bits per heavy atom. The minimum atomic E-state index is -0.0863. The Labute approximate surface area is 121 Å². The molecule has 1 heterocycles. The molecule has 2 rings (SSSR count). The maximum absolute atomic E-state index is 12.0. The van der Waals surface area contributed by atoms with E-state index in [1.807, 2.05) is 6.92 Å². The summed E-state index contributed by atoms with van der Waals surface area (Å²) >= 11 is 6.45. The van der Waals surface area contributed by atoms with E-state index in [1.54, 1.807) is 7.05 Å². The number of hydrogen-bond donors (Lipinski definition) is 2. The number of rotatable bonds is 5. The van der Waals surface area contributed by atoms with E-state index in [4.69, 9.17) is 12.2 Å². The van der Waals surface area contributed by atoms with Crippen molar-refractivity contribution < 1.29 is 9.59 Å². The van der Waals surface area contributed by atoms with Gasteiger partial charge in [-0.15, -0.1) is 11.3 Å². The van der Waals surface area contributed by atoms with E-state index >= 15 is 0 Å². The molecule has 104 valence electrons. The molecule has 2 amide bonds. The molecule has 0 aliphatic heterocycles. The highest BCUT2D eigenvalue weighted by atomic mass is 32.1. The first-order valence-corrected chi connectivity index (χ1v) is 7.40. The molecular weight excluding hydrogens is 282 g/mol. The second-order valence-corrected chi connectivity index (χ2v) is 6.60. The highest BCUT2D eigenvalue weighted by molar-refractivity contribution is 7.73. The summed E-state index contributed by atoms with van der Waals surface area (Å²) in [4.78, 5) is 29.0. The molecular formula is C12H17N3O2S2. The molecule has 1 aromatic rings. The Morgan fingerprint density at radius 3 is 2.74 bits per heavy atom. The number of carbonyl (C=O) groups excluding carboxylic acids is 2. The van der Waals surface area contributed by atoms with Crippen LogP contribution in [0.1, 0.15) is 23.4 Å². The molecule has 1 fully saturated rings. The highest BCUT2D eigenvalue weighted by Crippen LogP contribution is 2.18. The number of aromatic amines is 1. The summed E-state index contributed by atoms with van der Waals surface area (Å²) < 4.78 is 0.675. The lowest BCUT2D eigenvalue weighted by Crippen LogP contribution is -2.39. The van der Waals surface area contributed by atoms with Gasteiger partial charge in [0.25, 0.3) is 0 Å². The second kappa shape index (κ2) is 5.83. The topological polar surface area (TPSA) is 65.2 Å². The van der Waals surface area contributed by atoms with Crippen molar-refractivity contribution in [1.82, 2.24) is 15.2 Å². The van der Waals surface area contributed by atoms with Crippen molar-refractivity contribution >= 4 is 35.4 Å². The van der Waals surface area contributed by atoms with Crippen LogP contribution in [0.5, 0.6) is 0 Å². The molecule has 0 radical (unpaired) electrons. The molecule has 5 nitrogen and oxygen atoms in total. The maximum Gasteiger partial charge on any atom is 0.239 e. The molecule has 0 saturated heterocycles. The van der Waals surface area contributed by atoms with Crippen LogP contribution in [-0.2, 0) is 16.0 Å². The summed E-state index contributed by atoms with van der Waals surface area (Å²) in [6.45, 7) is 2.01. The second-order valence-electron chi connectivity index (χ2n) is 4.83. The lowest BCUT2D eigenvalue weighted by Gasteiger charge is -2.16. The average molecular weight is 299 g/mol. The largest absolute Gasteiger partial charge is 0.352 e. The van der Waals surface area contributed by atoms with Crippen LogP contribution in [0.3, 0.4) is 0 Å². The number of H-pyrrole nitrogens is 1. The Kier molecular flexibility index (Phi) is 4.36. The average Bonchev–Trinajstić information content (AvgIpc) is 3.05. The fourth-order valence-corrected chi connectivity index (χ4v) is 2.96. The Hall–Kier alpha value is -1.21. The van der Waals surface area contributed by atoms with Gasteiger partial charge in [0.2, 0.25) is 11.8 Å².